The number of carbonyl (C=O) groups is 3. The molecule has 1 atom stereocenters. The average Bonchev–Trinajstić information content (AvgIpc) is 3.23. The molecule has 2 aromatic rings. The van der Waals surface area contributed by atoms with Gasteiger partial charge in [0.1, 0.15) is 5.54 Å². The Kier molecular flexibility index (Phi) is 6.32. The van der Waals surface area contributed by atoms with Gasteiger partial charge < -0.3 is 15.4 Å². The molecule has 3 amide bonds. The van der Waals surface area contributed by atoms with Gasteiger partial charge in [-0.15, -0.1) is 9.24 Å². The van der Waals surface area contributed by atoms with E-state index in [0.717, 1.165) is 15.8 Å². The molecule has 1 aliphatic rings. The number of hydrogen-bond acceptors (Lipinski definition) is 5. The molecule has 168 valence electrons. The first kappa shape index (κ1) is 23.3. The molecule has 0 spiro atoms. The maximum absolute atomic E-state index is 13.2. The number of hydrogen-bond donors (Lipinski definition) is 2. The van der Waals surface area contributed by atoms with E-state index in [1.165, 1.54) is 23.2 Å². The van der Waals surface area contributed by atoms with Crippen molar-refractivity contribution in [2.75, 3.05) is 4.90 Å². The van der Waals surface area contributed by atoms with E-state index in [-0.39, 0.29) is 12.1 Å². The number of carboxylic acid groups (broad SMARTS) is 1. The minimum Gasteiger partial charge on any atom is -0.478 e. The minimum atomic E-state index is -1.12. The number of allylic oxidation sites excluding steroid dienone is 2. The van der Waals surface area contributed by atoms with Crippen molar-refractivity contribution in [2.24, 2.45) is 0 Å². The number of nitrogens with zero attached hydrogens (tertiary/aromatic N) is 4. The van der Waals surface area contributed by atoms with Crippen LogP contribution in [0.4, 0.5) is 10.5 Å². The molecule has 1 aliphatic heterocycles. The van der Waals surface area contributed by atoms with Gasteiger partial charge in [-0.2, -0.15) is 5.10 Å². The topological polar surface area (TPSA) is 120 Å². The summed E-state index contributed by atoms with van der Waals surface area (Å²) in [6.07, 6.45) is 3.06. The molecule has 0 bridgehead atoms. The van der Waals surface area contributed by atoms with Crippen molar-refractivity contribution in [3.05, 3.63) is 58.7 Å². The number of amides is 3. The summed E-state index contributed by atoms with van der Waals surface area (Å²) in [7, 11) is 2.58. The van der Waals surface area contributed by atoms with Crippen LogP contribution in [0.25, 0.3) is 0 Å². The van der Waals surface area contributed by atoms with Gasteiger partial charge in [0, 0.05) is 18.5 Å². The maximum atomic E-state index is 13.2. The third-order valence-electron chi connectivity index (χ3n) is 5.46. The van der Waals surface area contributed by atoms with Gasteiger partial charge in [-0.05, 0) is 56.3 Å². The second kappa shape index (κ2) is 8.67. The summed E-state index contributed by atoms with van der Waals surface area (Å²) < 4.78 is 1.59. The minimum absolute atomic E-state index is 0.0927. The molecule has 0 radical (unpaired) electrons. The number of aromatic carboxylic acids is 1. The van der Waals surface area contributed by atoms with E-state index in [0.29, 0.717) is 23.5 Å². The van der Waals surface area contributed by atoms with Crippen LogP contribution in [0, 0.1) is 5.41 Å². The van der Waals surface area contributed by atoms with Crippen LogP contribution < -0.4 is 4.90 Å². The number of urea groups is 1. The number of nitrogens with one attached hydrogen (secondary N) is 1. The zero-order chi connectivity index (χ0) is 23.8. The number of aromatic nitrogens is 2. The highest BCUT2D eigenvalue weighted by molar-refractivity contribution is 7.22. The molecule has 3 rings (SSSR count). The second-order valence-electron chi connectivity index (χ2n) is 8.26. The highest BCUT2D eigenvalue weighted by atomic mass is 31.0. The largest absolute Gasteiger partial charge is 0.478 e. The molecule has 1 aromatic carbocycles. The number of imide groups is 1. The summed E-state index contributed by atoms with van der Waals surface area (Å²) >= 11 is 0. The Labute approximate surface area is 188 Å². The second-order valence-corrected chi connectivity index (χ2v) is 9.12. The first-order valence-corrected chi connectivity index (χ1v) is 10.5. The Balaban J connectivity index is 1.88. The average molecular weight is 455 g/mol. The Morgan fingerprint density at radius 3 is 2.53 bits per heavy atom. The van der Waals surface area contributed by atoms with Crippen LogP contribution in [-0.4, -0.2) is 48.9 Å². The van der Waals surface area contributed by atoms with E-state index in [9.17, 15) is 19.5 Å². The van der Waals surface area contributed by atoms with E-state index in [4.69, 9.17) is 5.41 Å². The monoisotopic (exact) mass is 455 g/mol. The highest BCUT2D eigenvalue weighted by Gasteiger charge is 2.52. The summed E-state index contributed by atoms with van der Waals surface area (Å²) in [5.41, 5.74) is 1.17. The molecule has 0 saturated carbocycles. The van der Waals surface area contributed by atoms with Crippen LogP contribution in [-0.2, 0) is 17.9 Å². The Morgan fingerprint density at radius 1 is 1.25 bits per heavy atom. The van der Waals surface area contributed by atoms with Gasteiger partial charge in [0.2, 0.25) is 0 Å². The lowest BCUT2D eigenvalue weighted by Crippen LogP contribution is -2.43. The van der Waals surface area contributed by atoms with Gasteiger partial charge >= 0.3 is 12.0 Å². The van der Waals surface area contributed by atoms with Crippen molar-refractivity contribution in [3.63, 3.8) is 0 Å². The lowest BCUT2D eigenvalue weighted by atomic mass is 10.0. The van der Waals surface area contributed by atoms with Gasteiger partial charge in [0.15, 0.2) is 0 Å². The molecular weight excluding hydrogens is 429 g/mol. The summed E-state index contributed by atoms with van der Waals surface area (Å²) in [4.78, 5) is 40.2. The van der Waals surface area contributed by atoms with E-state index < -0.39 is 23.4 Å². The fraction of sp³-hybridized carbons (Fsp3) is 0.318. The predicted octanol–water partition coefficient (Wildman–Crippen LogP) is 3.52. The molecule has 0 aliphatic carbocycles. The molecule has 1 aromatic heterocycles. The quantitative estimate of drug-likeness (QED) is 0.376. The van der Waals surface area contributed by atoms with E-state index in [1.807, 2.05) is 6.92 Å². The van der Waals surface area contributed by atoms with Crippen molar-refractivity contribution in [1.82, 2.24) is 14.7 Å². The molecule has 9 nitrogen and oxygen atoms in total. The first-order chi connectivity index (χ1) is 14.9. The van der Waals surface area contributed by atoms with Gasteiger partial charge in [-0.3, -0.25) is 9.48 Å². The van der Waals surface area contributed by atoms with Crippen LogP contribution in [0.15, 0.2) is 47.5 Å². The smallest absolute Gasteiger partial charge is 0.335 e. The number of carboxylic acids is 1. The molecule has 10 heteroatoms. The Hall–Kier alpha value is -3.32. The summed E-state index contributed by atoms with van der Waals surface area (Å²) in [6, 6.07) is 5.81. The third kappa shape index (κ3) is 4.34. The molecule has 32 heavy (non-hydrogen) atoms. The summed E-state index contributed by atoms with van der Waals surface area (Å²) in [6.45, 7) is 7.34. The maximum Gasteiger partial charge on any atom is 0.335 e. The van der Waals surface area contributed by atoms with E-state index in [1.54, 1.807) is 43.8 Å². The number of rotatable bonds is 7. The van der Waals surface area contributed by atoms with Crippen LogP contribution in [0.2, 0.25) is 0 Å². The van der Waals surface area contributed by atoms with E-state index in [2.05, 4.69) is 14.3 Å². The lowest BCUT2D eigenvalue weighted by molar-refractivity contribution is -0.123. The van der Waals surface area contributed by atoms with Crippen molar-refractivity contribution in [3.8, 4) is 0 Å². The zero-order valence-electron chi connectivity index (χ0n) is 18.4. The van der Waals surface area contributed by atoms with Crippen LogP contribution >= 0.6 is 9.24 Å². The molecule has 2 N–H and O–H groups in total. The van der Waals surface area contributed by atoms with Crippen molar-refractivity contribution in [1.29, 1.82) is 5.41 Å². The highest BCUT2D eigenvalue weighted by Crippen LogP contribution is 2.33. The SMILES string of the molecule is CC(=N)C(Cn1cc(N2C(=O)N(Cc3cccc(C(=O)O)c3)C(C)(C)C2=O)cn1)=C(C)P. The predicted molar refractivity (Wildman–Crippen MR) is 124 cm³/mol. The van der Waals surface area contributed by atoms with Gasteiger partial charge in [0.25, 0.3) is 5.91 Å². The number of carbonyl (C=O) groups excluding carboxylic acids is 2. The third-order valence-corrected chi connectivity index (χ3v) is 5.81. The molecule has 1 saturated heterocycles. The normalized spacial score (nSPS) is 16.4. The number of benzene rings is 1. The van der Waals surface area contributed by atoms with Crippen molar-refractivity contribution >= 4 is 38.5 Å². The summed E-state index contributed by atoms with van der Waals surface area (Å²) in [5, 5.41) is 22.3. The van der Waals surface area contributed by atoms with Crippen molar-refractivity contribution < 1.29 is 19.5 Å². The zero-order valence-corrected chi connectivity index (χ0v) is 19.6. The van der Waals surface area contributed by atoms with Gasteiger partial charge in [-0.1, -0.05) is 12.1 Å². The molecule has 1 fully saturated rings. The molecular formula is C22H26N5O4P. The Morgan fingerprint density at radius 2 is 1.94 bits per heavy atom. The fourth-order valence-corrected chi connectivity index (χ4v) is 3.88. The van der Waals surface area contributed by atoms with Gasteiger partial charge in [0.05, 0.1) is 24.0 Å². The van der Waals surface area contributed by atoms with Crippen LogP contribution in [0.3, 0.4) is 0 Å². The Bertz CT molecular complexity index is 1150. The van der Waals surface area contributed by atoms with Crippen LogP contribution in [0.1, 0.15) is 43.6 Å². The van der Waals surface area contributed by atoms with E-state index >= 15 is 0 Å². The standard InChI is InChI=1S/C22H26N5O4P/c1-13(23)18(14(2)32)12-25-11-17(9-24-25)27-20(30)22(3,4)26(21(27)31)10-15-6-5-7-16(8-15)19(28)29/h5-9,11,23H,10,12,32H2,1-4H3,(H,28,29). The van der Waals surface area contributed by atoms with Crippen LogP contribution in [0.5, 0.6) is 0 Å². The molecule has 2 heterocycles. The molecule has 1 unspecified atom stereocenters. The van der Waals surface area contributed by atoms with Crippen molar-refractivity contribution in [2.45, 2.75) is 46.3 Å². The summed E-state index contributed by atoms with van der Waals surface area (Å²) in [5.74, 6) is -1.45. The lowest BCUT2D eigenvalue weighted by Gasteiger charge is -2.27. The van der Waals surface area contributed by atoms with Gasteiger partial charge in [-0.25, -0.2) is 14.5 Å². The fourth-order valence-electron chi connectivity index (χ4n) is 3.57. The number of anilines is 1. The first-order valence-electron chi connectivity index (χ1n) is 9.95.